The van der Waals surface area contributed by atoms with Gasteiger partial charge >= 0.3 is 5.97 Å². The number of halogens is 2. The van der Waals surface area contributed by atoms with Gasteiger partial charge in [0.2, 0.25) is 5.60 Å². The zero-order valence-corrected chi connectivity index (χ0v) is 16.3. The Morgan fingerprint density at radius 1 is 1.25 bits per heavy atom. The van der Waals surface area contributed by atoms with E-state index in [2.05, 4.69) is 10.1 Å². The molecule has 6 nitrogen and oxygen atoms in total. The van der Waals surface area contributed by atoms with E-state index in [0.29, 0.717) is 46.5 Å². The molecule has 8 heteroatoms. The summed E-state index contributed by atoms with van der Waals surface area (Å²) in [7, 11) is 0. The van der Waals surface area contributed by atoms with Crippen molar-refractivity contribution in [3.05, 3.63) is 51.2 Å². The van der Waals surface area contributed by atoms with E-state index >= 15 is 0 Å². The molecule has 2 aliphatic carbocycles. The van der Waals surface area contributed by atoms with Gasteiger partial charge in [-0.2, -0.15) is 0 Å². The van der Waals surface area contributed by atoms with Gasteiger partial charge < -0.3 is 14.4 Å². The molecule has 28 heavy (non-hydrogen) atoms. The van der Waals surface area contributed by atoms with Gasteiger partial charge in [-0.1, -0.05) is 34.4 Å². The molecular weight excluding hydrogens is 403 g/mol. The van der Waals surface area contributed by atoms with Gasteiger partial charge in [-0.05, 0) is 30.9 Å². The van der Waals surface area contributed by atoms with Gasteiger partial charge in [0.15, 0.2) is 0 Å². The molecule has 4 aliphatic rings. The van der Waals surface area contributed by atoms with E-state index in [1.807, 2.05) is 12.2 Å². The van der Waals surface area contributed by atoms with E-state index in [4.69, 9.17) is 32.5 Å². The highest BCUT2D eigenvalue weighted by Crippen LogP contribution is 2.49. The molecule has 0 aromatic carbocycles. The Hall–Kier alpha value is -2.31. The maximum Gasteiger partial charge on any atom is 0.348 e. The van der Waals surface area contributed by atoms with Gasteiger partial charge in [0.25, 0.3) is 0 Å². The van der Waals surface area contributed by atoms with Crippen LogP contribution in [-0.4, -0.2) is 26.8 Å². The largest absolute Gasteiger partial charge is 0.479 e. The highest BCUT2D eigenvalue weighted by Gasteiger charge is 2.53. The Balaban J connectivity index is 1.52. The quantitative estimate of drug-likeness (QED) is 0.715. The maximum atomic E-state index is 11.3. The molecule has 1 N–H and O–H groups in total. The highest BCUT2D eigenvalue weighted by molar-refractivity contribution is 6.39. The summed E-state index contributed by atoms with van der Waals surface area (Å²) in [5.41, 5.74) is 2.02. The molecule has 144 valence electrons. The summed E-state index contributed by atoms with van der Waals surface area (Å²) in [6.45, 7) is 0. The van der Waals surface area contributed by atoms with E-state index in [0.717, 1.165) is 35.5 Å². The van der Waals surface area contributed by atoms with Crippen LogP contribution in [0.5, 0.6) is 0 Å². The van der Waals surface area contributed by atoms with Crippen LogP contribution < -0.4 is 0 Å². The Kier molecular flexibility index (Phi) is 4.03. The number of pyridine rings is 1. The molecular formula is C20H16Cl2N2O4. The summed E-state index contributed by atoms with van der Waals surface area (Å²) < 4.78 is 11.2. The number of nitrogens with zero attached hydrogens (tertiary/aromatic N) is 2. The van der Waals surface area contributed by atoms with Crippen molar-refractivity contribution >= 4 is 35.2 Å². The number of hydrogen-bond acceptors (Lipinski definition) is 5. The van der Waals surface area contributed by atoms with E-state index < -0.39 is 11.6 Å². The molecule has 1 unspecified atom stereocenters. The second-order valence-electron chi connectivity index (χ2n) is 7.42. The number of carboxylic acid groups (broad SMARTS) is 1. The molecule has 6 rings (SSSR count). The first kappa shape index (κ1) is 17.8. The van der Waals surface area contributed by atoms with E-state index in [-0.39, 0.29) is 0 Å². The zero-order chi connectivity index (χ0) is 19.5. The van der Waals surface area contributed by atoms with Crippen LogP contribution >= 0.6 is 23.2 Å². The minimum atomic E-state index is -1.02. The molecule has 0 radical (unpaired) electrons. The van der Waals surface area contributed by atoms with Crippen LogP contribution in [-0.2, 0) is 9.53 Å². The fraction of sp³-hybridized carbons (Fsp3) is 0.350. The molecule has 0 spiro atoms. The third kappa shape index (κ3) is 2.74. The summed E-state index contributed by atoms with van der Waals surface area (Å²) in [5, 5.41) is 14.4. The number of carboxylic acids is 1. The lowest BCUT2D eigenvalue weighted by atomic mass is 9.78. The van der Waals surface area contributed by atoms with Gasteiger partial charge in [0, 0.05) is 35.9 Å². The molecule has 2 aliphatic heterocycles. The Morgan fingerprint density at radius 3 is 2.54 bits per heavy atom. The highest BCUT2D eigenvalue weighted by atomic mass is 35.5. The number of fused-ring (bicyclic) bond motifs is 2. The summed E-state index contributed by atoms with van der Waals surface area (Å²) in [6.07, 6.45) is 10.7. The fourth-order valence-corrected chi connectivity index (χ4v) is 4.34. The standard InChI is InChI=1S/C20H16Cl2N2O4/c21-13-8-23-9-14(22)16(13)17-12(18(28-24-17)11-1-2-11)4-3-10-5-6-20(19(25)26)7-15(10)27-20/h3-4,8-9,11H,1-2,5-7H2,(H,25,26)/b4-3+. The molecule has 1 atom stereocenters. The van der Waals surface area contributed by atoms with Crippen molar-refractivity contribution in [2.45, 2.75) is 43.6 Å². The van der Waals surface area contributed by atoms with Crippen molar-refractivity contribution in [2.24, 2.45) is 0 Å². The number of allylic oxidation sites excluding steroid dienone is 2. The number of rotatable bonds is 5. The third-order valence-corrected chi connectivity index (χ3v) is 6.13. The minimum Gasteiger partial charge on any atom is -0.479 e. The number of aromatic nitrogens is 2. The van der Waals surface area contributed by atoms with Crippen molar-refractivity contribution in [2.75, 3.05) is 0 Å². The third-order valence-electron chi connectivity index (χ3n) is 5.56. The lowest BCUT2D eigenvalue weighted by Crippen LogP contribution is -2.52. The van der Waals surface area contributed by atoms with Gasteiger partial charge in [0.05, 0.1) is 16.5 Å². The predicted octanol–water partition coefficient (Wildman–Crippen LogP) is 5.23. The Bertz CT molecular complexity index is 1020. The average Bonchev–Trinajstić information content (AvgIpc) is 3.40. The number of hydrogen-bond donors (Lipinski definition) is 1. The molecule has 2 aromatic heterocycles. The first-order valence-corrected chi connectivity index (χ1v) is 9.85. The van der Waals surface area contributed by atoms with Gasteiger partial charge in [-0.15, -0.1) is 0 Å². The molecule has 0 amide bonds. The first-order chi connectivity index (χ1) is 13.5. The summed E-state index contributed by atoms with van der Waals surface area (Å²) in [5.74, 6) is 1.03. The van der Waals surface area contributed by atoms with E-state index in [1.165, 1.54) is 12.4 Å². The Morgan fingerprint density at radius 2 is 1.96 bits per heavy atom. The van der Waals surface area contributed by atoms with Gasteiger partial charge in [0.1, 0.15) is 17.2 Å². The maximum absolute atomic E-state index is 11.3. The molecule has 2 fully saturated rings. The molecule has 1 saturated heterocycles. The first-order valence-electron chi connectivity index (χ1n) is 9.10. The van der Waals surface area contributed by atoms with Crippen LogP contribution in [0, 0.1) is 0 Å². The molecule has 4 heterocycles. The van der Waals surface area contributed by atoms with Crippen molar-refractivity contribution in [1.82, 2.24) is 10.1 Å². The molecule has 2 aromatic rings. The van der Waals surface area contributed by atoms with Crippen molar-refractivity contribution in [3.8, 4) is 11.3 Å². The van der Waals surface area contributed by atoms with Crippen LogP contribution in [0.3, 0.4) is 0 Å². The average molecular weight is 419 g/mol. The van der Waals surface area contributed by atoms with Crippen LogP contribution in [0.4, 0.5) is 0 Å². The summed E-state index contributed by atoms with van der Waals surface area (Å²) >= 11 is 12.7. The second-order valence-corrected chi connectivity index (χ2v) is 8.24. The molecule has 1 saturated carbocycles. The van der Waals surface area contributed by atoms with Crippen molar-refractivity contribution in [1.29, 1.82) is 0 Å². The number of carbonyl (C=O) groups is 1. The monoisotopic (exact) mass is 418 g/mol. The second kappa shape index (κ2) is 6.36. The summed E-state index contributed by atoms with van der Waals surface area (Å²) in [4.78, 5) is 15.3. The van der Waals surface area contributed by atoms with Crippen LogP contribution in [0.2, 0.25) is 10.0 Å². The smallest absolute Gasteiger partial charge is 0.348 e. The molecule has 2 bridgehead atoms. The zero-order valence-electron chi connectivity index (χ0n) is 14.7. The SMILES string of the molecule is O=C(O)C12CCC(/C=C/c3c(-c4c(Cl)cncc4Cl)noc3C3CC3)=C(C1)O2. The van der Waals surface area contributed by atoms with Crippen LogP contribution in [0.25, 0.3) is 17.3 Å². The topological polar surface area (TPSA) is 85.5 Å². The lowest BCUT2D eigenvalue weighted by molar-refractivity contribution is -0.181. The fourth-order valence-electron chi connectivity index (χ4n) is 3.80. The van der Waals surface area contributed by atoms with Crippen LogP contribution in [0.15, 0.2) is 34.3 Å². The number of ether oxygens (including phenoxy) is 1. The lowest BCUT2D eigenvalue weighted by Gasteiger charge is -2.45. The summed E-state index contributed by atoms with van der Waals surface area (Å²) in [6, 6.07) is 0. The normalized spacial score (nSPS) is 23.6. The van der Waals surface area contributed by atoms with Crippen molar-refractivity contribution in [3.63, 3.8) is 0 Å². The minimum absolute atomic E-state index is 0.351. The Labute approximate surface area is 170 Å². The van der Waals surface area contributed by atoms with E-state index in [1.54, 1.807) is 0 Å². The predicted molar refractivity (Wildman–Crippen MR) is 103 cm³/mol. The van der Waals surface area contributed by atoms with Gasteiger partial charge in [-0.3, -0.25) is 4.98 Å². The van der Waals surface area contributed by atoms with Crippen molar-refractivity contribution < 1.29 is 19.2 Å². The van der Waals surface area contributed by atoms with E-state index in [9.17, 15) is 9.90 Å². The van der Waals surface area contributed by atoms with Crippen LogP contribution in [0.1, 0.15) is 49.3 Å². The number of aliphatic carboxylic acids is 1. The van der Waals surface area contributed by atoms with Gasteiger partial charge in [-0.25, -0.2) is 4.79 Å².